The highest BCUT2D eigenvalue weighted by Crippen LogP contribution is 2.13. The van der Waals surface area contributed by atoms with Gasteiger partial charge in [-0.05, 0) is 17.9 Å². The van der Waals surface area contributed by atoms with E-state index < -0.39 is 0 Å². The molecule has 1 unspecified atom stereocenters. The maximum atomic E-state index is 11.8. The Kier molecular flexibility index (Phi) is 3.36. The number of nitrogens with one attached hydrogen (secondary N) is 2. The summed E-state index contributed by atoms with van der Waals surface area (Å²) < 4.78 is 0. The van der Waals surface area contributed by atoms with Gasteiger partial charge in [0.15, 0.2) is 0 Å². The second kappa shape index (κ2) is 4.94. The van der Waals surface area contributed by atoms with Gasteiger partial charge in [0.2, 0.25) is 0 Å². The third kappa shape index (κ3) is 2.30. The van der Waals surface area contributed by atoms with Crippen molar-refractivity contribution in [1.29, 1.82) is 0 Å². The number of H-pyrrole nitrogens is 1. The van der Waals surface area contributed by atoms with Crippen molar-refractivity contribution < 1.29 is 4.79 Å². The zero-order chi connectivity index (χ0) is 11.4. The minimum absolute atomic E-state index is 0.0514. The van der Waals surface area contributed by atoms with E-state index in [2.05, 4.69) is 15.3 Å². The van der Waals surface area contributed by atoms with Gasteiger partial charge in [-0.1, -0.05) is 6.92 Å². The quantitative estimate of drug-likeness (QED) is 0.854. The lowest BCUT2D eigenvalue weighted by Crippen LogP contribution is -2.28. The van der Waals surface area contributed by atoms with Crippen molar-refractivity contribution in [1.82, 2.24) is 15.3 Å². The van der Waals surface area contributed by atoms with Gasteiger partial charge in [-0.2, -0.15) is 11.3 Å². The molecule has 0 fully saturated rings. The molecule has 0 aliphatic rings. The monoisotopic (exact) mass is 235 g/mol. The van der Waals surface area contributed by atoms with Gasteiger partial charge in [-0.3, -0.25) is 4.79 Å². The Morgan fingerprint density at radius 2 is 2.56 bits per heavy atom. The Morgan fingerprint density at radius 1 is 1.69 bits per heavy atom. The fourth-order valence-electron chi connectivity index (χ4n) is 1.47. The Morgan fingerprint density at radius 3 is 3.12 bits per heavy atom. The number of aromatic amines is 1. The van der Waals surface area contributed by atoms with Crippen LogP contribution in [-0.2, 0) is 0 Å². The molecule has 0 spiro atoms. The summed E-state index contributed by atoms with van der Waals surface area (Å²) in [6.07, 6.45) is 4.26. The number of hydrogen-bond donors (Lipinski definition) is 2. The third-order valence-electron chi connectivity index (χ3n) is 2.35. The molecule has 5 heteroatoms. The zero-order valence-corrected chi connectivity index (χ0v) is 9.75. The van der Waals surface area contributed by atoms with E-state index in [9.17, 15) is 4.79 Å². The second-order valence-electron chi connectivity index (χ2n) is 3.42. The van der Waals surface area contributed by atoms with Crippen LogP contribution in [0.2, 0.25) is 0 Å². The maximum absolute atomic E-state index is 11.8. The number of carbonyl (C=O) groups excluding carboxylic acids is 1. The van der Waals surface area contributed by atoms with Crippen LogP contribution in [0.4, 0.5) is 0 Å². The van der Waals surface area contributed by atoms with E-state index >= 15 is 0 Å². The van der Waals surface area contributed by atoms with Gasteiger partial charge in [-0.15, -0.1) is 0 Å². The summed E-state index contributed by atoms with van der Waals surface area (Å²) in [5.41, 5.74) is 0.704. The van der Waals surface area contributed by atoms with Crippen molar-refractivity contribution in [3.05, 3.63) is 40.6 Å². The first-order valence-electron chi connectivity index (χ1n) is 5.13. The molecule has 2 rings (SSSR count). The first-order chi connectivity index (χ1) is 7.81. The molecule has 0 aromatic carbocycles. The summed E-state index contributed by atoms with van der Waals surface area (Å²) in [6, 6.07) is 1.76. The molecule has 2 N–H and O–H groups in total. The van der Waals surface area contributed by atoms with Crippen LogP contribution in [0.25, 0.3) is 0 Å². The molecule has 84 valence electrons. The van der Waals surface area contributed by atoms with Crippen LogP contribution in [0.3, 0.4) is 0 Å². The van der Waals surface area contributed by atoms with Gasteiger partial charge in [0, 0.05) is 17.8 Å². The molecular formula is C11H13N3OS. The summed E-state index contributed by atoms with van der Waals surface area (Å²) in [4.78, 5) is 19.0. The van der Waals surface area contributed by atoms with Crippen LogP contribution in [0.15, 0.2) is 29.2 Å². The average Bonchev–Trinajstić information content (AvgIpc) is 2.96. The van der Waals surface area contributed by atoms with Gasteiger partial charge in [0.05, 0.1) is 11.6 Å². The van der Waals surface area contributed by atoms with Crippen LogP contribution in [0.1, 0.15) is 35.6 Å². The second-order valence-corrected chi connectivity index (χ2v) is 4.20. The fourth-order valence-corrected chi connectivity index (χ4v) is 2.10. The van der Waals surface area contributed by atoms with Gasteiger partial charge < -0.3 is 10.3 Å². The van der Waals surface area contributed by atoms with Crippen molar-refractivity contribution in [2.75, 3.05) is 0 Å². The normalized spacial score (nSPS) is 12.3. The SMILES string of the molecule is CCC(NC(=O)c1ccsc1)c1ncc[nH]1. The molecule has 0 bridgehead atoms. The standard InChI is InChI=1S/C11H13N3OS/c1-2-9(10-12-4-5-13-10)14-11(15)8-3-6-16-7-8/h3-7,9H,2H2,1H3,(H,12,13)(H,14,15). The number of imidazole rings is 1. The maximum Gasteiger partial charge on any atom is 0.252 e. The highest BCUT2D eigenvalue weighted by Gasteiger charge is 2.15. The van der Waals surface area contributed by atoms with Gasteiger partial charge in [-0.25, -0.2) is 4.98 Å². The summed E-state index contributed by atoms with van der Waals surface area (Å²) >= 11 is 1.52. The van der Waals surface area contributed by atoms with E-state index in [4.69, 9.17) is 0 Å². The molecule has 16 heavy (non-hydrogen) atoms. The first kappa shape index (κ1) is 10.9. The summed E-state index contributed by atoms with van der Waals surface area (Å²) in [5.74, 6) is 0.746. The van der Waals surface area contributed by atoms with E-state index in [0.29, 0.717) is 5.56 Å². The highest BCUT2D eigenvalue weighted by atomic mass is 32.1. The molecule has 1 amide bonds. The Balaban J connectivity index is 2.05. The van der Waals surface area contributed by atoms with Gasteiger partial charge in [0.25, 0.3) is 5.91 Å². The molecule has 1 atom stereocenters. The molecule has 2 aromatic heterocycles. The number of aromatic nitrogens is 2. The number of carbonyl (C=O) groups is 1. The molecular weight excluding hydrogens is 222 g/mol. The van der Waals surface area contributed by atoms with Crippen LogP contribution in [0, 0.1) is 0 Å². The lowest BCUT2D eigenvalue weighted by atomic mass is 10.2. The molecule has 0 aliphatic heterocycles. The van der Waals surface area contributed by atoms with Crippen molar-refractivity contribution >= 4 is 17.2 Å². The number of nitrogens with zero attached hydrogens (tertiary/aromatic N) is 1. The Hall–Kier alpha value is -1.62. The Bertz CT molecular complexity index is 436. The van der Waals surface area contributed by atoms with E-state index in [0.717, 1.165) is 12.2 Å². The number of thiophene rings is 1. The van der Waals surface area contributed by atoms with Crippen molar-refractivity contribution in [3.63, 3.8) is 0 Å². The molecule has 4 nitrogen and oxygen atoms in total. The van der Waals surface area contributed by atoms with Gasteiger partial charge in [0.1, 0.15) is 5.82 Å². The number of hydrogen-bond acceptors (Lipinski definition) is 3. The lowest BCUT2D eigenvalue weighted by Gasteiger charge is -2.13. The zero-order valence-electron chi connectivity index (χ0n) is 8.93. The van der Waals surface area contributed by atoms with E-state index in [-0.39, 0.29) is 11.9 Å². The Labute approximate surface area is 97.7 Å². The van der Waals surface area contributed by atoms with Crippen LogP contribution in [0.5, 0.6) is 0 Å². The summed E-state index contributed by atoms with van der Waals surface area (Å²) in [5, 5.41) is 6.67. The van der Waals surface area contributed by atoms with Crippen molar-refractivity contribution in [2.45, 2.75) is 19.4 Å². The number of rotatable bonds is 4. The molecule has 2 heterocycles. The largest absolute Gasteiger partial charge is 0.347 e. The van der Waals surface area contributed by atoms with E-state index in [1.807, 2.05) is 23.8 Å². The van der Waals surface area contributed by atoms with Gasteiger partial charge >= 0.3 is 0 Å². The highest BCUT2D eigenvalue weighted by molar-refractivity contribution is 7.08. The summed E-state index contributed by atoms with van der Waals surface area (Å²) in [6.45, 7) is 2.01. The minimum atomic E-state index is -0.0533. The van der Waals surface area contributed by atoms with Crippen molar-refractivity contribution in [3.8, 4) is 0 Å². The third-order valence-corrected chi connectivity index (χ3v) is 3.03. The number of amides is 1. The smallest absolute Gasteiger partial charge is 0.252 e. The van der Waals surface area contributed by atoms with Crippen LogP contribution in [-0.4, -0.2) is 15.9 Å². The minimum Gasteiger partial charge on any atom is -0.347 e. The average molecular weight is 235 g/mol. The van der Waals surface area contributed by atoms with E-state index in [1.165, 1.54) is 11.3 Å². The fraction of sp³-hybridized carbons (Fsp3) is 0.273. The van der Waals surface area contributed by atoms with Crippen LogP contribution >= 0.6 is 11.3 Å². The topological polar surface area (TPSA) is 57.8 Å². The molecule has 0 radical (unpaired) electrons. The van der Waals surface area contributed by atoms with Crippen molar-refractivity contribution in [2.24, 2.45) is 0 Å². The predicted octanol–water partition coefficient (Wildman–Crippen LogP) is 2.35. The molecule has 2 aromatic rings. The first-order valence-corrected chi connectivity index (χ1v) is 6.08. The molecule has 0 saturated heterocycles. The van der Waals surface area contributed by atoms with E-state index in [1.54, 1.807) is 12.4 Å². The lowest BCUT2D eigenvalue weighted by molar-refractivity contribution is 0.0934. The molecule has 0 aliphatic carbocycles. The summed E-state index contributed by atoms with van der Waals surface area (Å²) in [7, 11) is 0. The van der Waals surface area contributed by atoms with Crippen LogP contribution < -0.4 is 5.32 Å². The molecule has 0 saturated carbocycles. The predicted molar refractivity (Wildman–Crippen MR) is 63.4 cm³/mol.